The van der Waals surface area contributed by atoms with Gasteiger partial charge < -0.3 is 14.9 Å². The Kier molecular flexibility index (Phi) is 7.14. The van der Waals surface area contributed by atoms with E-state index < -0.39 is 16.0 Å². The van der Waals surface area contributed by atoms with E-state index in [4.69, 9.17) is 0 Å². The lowest BCUT2D eigenvalue weighted by molar-refractivity contribution is 0.0696. The lowest BCUT2D eigenvalue weighted by Crippen LogP contribution is -2.41. The smallest absolute Gasteiger partial charge is 0.337 e. The lowest BCUT2D eigenvalue weighted by Gasteiger charge is -2.36. The molecule has 9 heteroatoms. The Balaban J connectivity index is 1.65. The fourth-order valence-corrected chi connectivity index (χ4v) is 6.93. The van der Waals surface area contributed by atoms with E-state index in [0.29, 0.717) is 22.9 Å². The van der Waals surface area contributed by atoms with Gasteiger partial charge in [-0.05, 0) is 82.7 Å². The molecule has 0 saturated carbocycles. The van der Waals surface area contributed by atoms with Crippen molar-refractivity contribution in [1.82, 2.24) is 9.88 Å². The highest BCUT2D eigenvalue weighted by atomic mass is 32.2. The van der Waals surface area contributed by atoms with Crippen LogP contribution in [-0.4, -0.2) is 62.1 Å². The summed E-state index contributed by atoms with van der Waals surface area (Å²) in [6.45, 7) is 10.3. The van der Waals surface area contributed by atoms with Crippen molar-refractivity contribution in [3.05, 3.63) is 46.6 Å². The molecule has 2 N–H and O–H groups in total. The summed E-state index contributed by atoms with van der Waals surface area (Å²) in [6.07, 6.45) is 5.92. The standard InChI is InChI=1S/C25H34N4O4S/c1-17-11-18(2)23(19(3)12-17)34(32,33)27-22-13-21(25(30)31)14-26-24(22)29-10-6-7-20(16-29)15-28-8-4-5-9-28/h11-14,20,27H,4-10,15-16H2,1-3H3,(H,30,31)/t20-/m0/s1. The molecular weight excluding hydrogens is 452 g/mol. The lowest BCUT2D eigenvalue weighted by atomic mass is 9.97. The van der Waals surface area contributed by atoms with Gasteiger partial charge in [-0.15, -0.1) is 0 Å². The van der Waals surface area contributed by atoms with E-state index >= 15 is 0 Å². The Morgan fingerprint density at radius 3 is 2.41 bits per heavy atom. The number of anilines is 2. The van der Waals surface area contributed by atoms with Crippen molar-refractivity contribution >= 4 is 27.5 Å². The molecule has 2 fully saturated rings. The molecular formula is C25H34N4O4S. The molecule has 4 rings (SSSR count). The average Bonchev–Trinajstić information content (AvgIpc) is 3.25. The Hall–Kier alpha value is -2.65. The van der Waals surface area contributed by atoms with Gasteiger partial charge in [-0.3, -0.25) is 4.72 Å². The number of rotatable bonds is 7. The first kappa shape index (κ1) is 24.5. The number of carboxylic acid groups (broad SMARTS) is 1. The molecule has 0 unspecified atom stereocenters. The summed E-state index contributed by atoms with van der Waals surface area (Å²) in [4.78, 5) is 20.9. The normalized spacial score (nSPS) is 19.4. The maximum Gasteiger partial charge on any atom is 0.337 e. The number of carboxylic acids is 1. The minimum Gasteiger partial charge on any atom is -0.478 e. The van der Waals surface area contributed by atoms with Crippen molar-refractivity contribution < 1.29 is 18.3 Å². The van der Waals surface area contributed by atoms with E-state index in [1.165, 1.54) is 25.1 Å². The second-order valence-corrected chi connectivity index (χ2v) is 11.3. The zero-order valence-electron chi connectivity index (χ0n) is 20.2. The van der Waals surface area contributed by atoms with E-state index in [0.717, 1.165) is 51.1 Å². The molecule has 1 atom stereocenters. The molecule has 8 nitrogen and oxygen atoms in total. The van der Waals surface area contributed by atoms with Gasteiger partial charge in [0.1, 0.15) is 0 Å². The van der Waals surface area contributed by atoms with Crippen LogP contribution in [0.25, 0.3) is 0 Å². The molecule has 3 heterocycles. The molecule has 0 aliphatic carbocycles. The summed E-state index contributed by atoms with van der Waals surface area (Å²) in [5, 5.41) is 9.51. The molecule has 184 valence electrons. The van der Waals surface area contributed by atoms with E-state index in [1.54, 1.807) is 13.8 Å². The van der Waals surface area contributed by atoms with Crippen LogP contribution in [0, 0.1) is 26.7 Å². The summed E-state index contributed by atoms with van der Waals surface area (Å²) >= 11 is 0. The van der Waals surface area contributed by atoms with Crippen molar-refractivity contribution in [2.75, 3.05) is 42.3 Å². The van der Waals surface area contributed by atoms with Crippen molar-refractivity contribution in [3.8, 4) is 0 Å². The molecule has 0 spiro atoms. The Labute approximate surface area is 202 Å². The van der Waals surface area contributed by atoms with Crippen molar-refractivity contribution in [3.63, 3.8) is 0 Å². The Morgan fingerprint density at radius 1 is 1.09 bits per heavy atom. The molecule has 2 aliphatic rings. The quantitative estimate of drug-likeness (QED) is 0.613. The first-order valence-electron chi connectivity index (χ1n) is 12.0. The molecule has 0 radical (unpaired) electrons. The van der Waals surface area contributed by atoms with Crippen molar-refractivity contribution in [2.45, 2.75) is 51.3 Å². The number of carbonyl (C=O) groups is 1. The third kappa shape index (κ3) is 5.36. The first-order valence-corrected chi connectivity index (χ1v) is 13.4. The number of aryl methyl sites for hydroxylation is 3. The van der Waals surface area contributed by atoms with Gasteiger partial charge in [0.05, 0.1) is 16.1 Å². The predicted octanol–water partition coefficient (Wildman–Crippen LogP) is 3.82. The number of aromatic nitrogens is 1. The molecule has 2 saturated heterocycles. The number of likely N-dealkylation sites (tertiary alicyclic amines) is 1. The number of sulfonamides is 1. The van der Waals surface area contributed by atoms with Crippen LogP contribution in [0.5, 0.6) is 0 Å². The summed E-state index contributed by atoms with van der Waals surface area (Å²) in [5.74, 6) is -0.186. The molecule has 34 heavy (non-hydrogen) atoms. The summed E-state index contributed by atoms with van der Waals surface area (Å²) in [7, 11) is -3.95. The number of hydrogen-bond acceptors (Lipinski definition) is 6. The van der Waals surface area contributed by atoms with Crippen LogP contribution < -0.4 is 9.62 Å². The number of hydrogen-bond donors (Lipinski definition) is 2. The van der Waals surface area contributed by atoms with Gasteiger partial charge >= 0.3 is 5.97 Å². The highest BCUT2D eigenvalue weighted by molar-refractivity contribution is 7.92. The van der Waals surface area contributed by atoms with Crippen LogP contribution in [0.15, 0.2) is 29.3 Å². The Morgan fingerprint density at radius 2 is 1.76 bits per heavy atom. The largest absolute Gasteiger partial charge is 0.478 e. The van der Waals surface area contributed by atoms with E-state index in [-0.39, 0.29) is 16.1 Å². The average molecular weight is 487 g/mol. The monoisotopic (exact) mass is 486 g/mol. The number of benzene rings is 1. The zero-order valence-corrected chi connectivity index (χ0v) is 21.0. The fourth-order valence-electron chi connectivity index (χ4n) is 5.42. The predicted molar refractivity (Wildman–Crippen MR) is 133 cm³/mol. The van der Waals surface area contributed by atoms with Crippen molar-refractivity contribution in [1.29, 1.82) is 0 Å². The first-order chi connectivity index (χ1) is 16.1. The molecule has 2 aromatic rings. The van der Waals surface area contributed by atoms with Gasteiger partial charge in [0.2, 0.25) is 0 Å². The minimum atomic E-state index is -3.95. The Bertz CT molecular complexity index is 1150. The fraction of sp³-hybridized carbons (Fsp3) is 0.520. The van der Waals surface area contributed by atoms with Crippen LogP contribution in [0.3, 0.4) is 0 Å². The number of pyridine rings is 1. The second-order valence-electron chi connectivity index (χ2n) is 9.70. The van der Waals surface area contributed by atoms with Gasteiger partial charge in [-0.2, -0.15) is 0 Å². The topological polar surface area (TPSA) is 103 Å². The second kappa shape index (κ2) is 9.92. The van der Waals surface area contributed by atoms with Gasteiger partial charge in [0.25, 0.3) is 10.0 Å². The van der Waals surface area contributed by atoms with Gasteiger partial charge in [-0.1, -0.05) is 17.7 Å². The van der Waals surface area contributed by atoms with Gasteiger partial charge in [0.15, 0.2) is 5.82 Å². The summed E-state index contributed by atoms with van der Waals surface area (Å²) < 4.78 is 29.6. The van der Waals surface area contributed by atoms with Gasteiger partial charge in [-0.25, -0.2) is 18.2 Å². The molecule has 1 aromatic heterocycles. The van der Waals surface area contributed by atoms with Crippen LogP contribution in [0.2, 0.25) is 0 Å². The van der Waals surface area contributed by atoms with E-state index in [9.17, 15) is 18.3 Å². The van der Waals surface area contributed by atoms with Crippen LogP contribution >= 0.6 is 0 Å². The molecule has 1 aromatic carbocycles. The van der Waals surface area contributed by atoms with Crippen LogP contribution in [0.4, 0.5) is 11.5 Å². The zero-order chi connectivity index (χ0) is 24.5. The van der Waals surface area contributed by atoms with Crippen LogP contribution in [-0.2, 0) is 10.0 Å². The minimum absolute atomic E-state index is 0.0515. The highest BCUT2D eigenvalue weighted by Crippen LogP contribution is 2.32. The van der Waals surface area contributed by atoms with E-state index in [2.05, 4.69) is 19.5 Å². The number of nitrogens with zero attached hydrogens (tertiary/aromatic N) is 3. The SMILES string of the molecule is Cc1cc(C)c(S(=O)(=O)Nc2cc(C(=O)O)cnc2N2CCC[C@@H](CN3CCCC3)C2)c(C)c1. The van der Waals surface area contributed by atoms with Crippen LogP contribution in [0.1, 0.15) is 52.7 Å². The third-order valence-corrected chi connectivity index (χ3v) is 8.43. The maximum absolute atomic E-state index is 13.5. The molecule has 2 aliphatic heterocycles. The number of piperidine rings is 1. The van der Waals surface area contributed by atoms with Crippen molar-refractivity contribution in [2.24, 2.45) is 5.92 Å². The van der Waals surface area contributed by atoms with Gasteiger partial charge in [0, 0.05) is 25.8 Å². The summed E-state index contributed by atoms with van der Waals surface area (Å²) in [5.41, 5.74) is 2.45. The maximum atomic E-state index is 13.5. The summed E-state index contributed by atoms with van der Waals surface area (Å²) in [6, 6.07) is 5.05. The molecule has 0 amide bonds. The number of aromatic carboxylic acids is 1. The highest BCUT2D eigenvalue weighted by Gasteiger charge is 2.28. The molecule has 0 bridgehead atoms. The van der Waals surface area contributed by atoms with E-state index in [1.807, 2.05) is 19.1 Å². The number of nitrogens with one attached hydrogen (secondary N) is 1. The third-order valence-electron chi connectivity index (χ3n) is 6.76.